The van der Waals surface area contributed by atoms with Crippen molar-refractivity contribution in [3.05, 3.63) is 23.9 Å². The molecule has 20 heavy (non-hydrogen) atoms. The second-order valence-electron chi connectivity index (χ2n) is 5.75. The van der Waals surface area contributed by atoms with Crippen LogP contribution in [0.5, 0.6) is 0 Å². The van der Waals surface area contributed by atoms with Gasteiger partial charge in [-0.1, -0.05) is 20.8 Å². The van der Waals surface area contributed by atoms with E-state index in [0.29, 0.717) is 0 Å². The summed E-state index contributed by atoms with van der Waals surface area (Å²) in [6.45, 7) is 7.67. The topological polar surface area (TPSA) is 87.6 Å². The van der Waals surface area contributed by atoms with Gasteiger partial charge in [-0.05, 0) is 24.5 Å². The monoisotopic (exact) mass is 300 g/mol. The lowest BCUT2D eigenvalue weighted by Gasteiger charge is -2.34. The first-order valence-corrected chi connectivity index (χ1v) is 7.59. The zero-order valence-corrected chi connectivity index (χ0v) is 13.1. The summed E-state index contributed by atoms with van der Waals surface area (Å²) in [5.74, 6) is -1.14. The number of sulfonamides is 1. The minimum atomic E-state index is -3.73. The van der Waals surface area contributed by atoms with Crippen LogP contribution in [-0.4, -0.2) is 41.9 Å². The van der Waals surface area contributed by atoms with Crippen molar-refractivity contribution in [2.24, 2.45) is 5.41 Å². The van der Waals surface area contributed by atoms with Gasteiger partial charge in [0.2, 0.25) is 0 Å². The molecular formula is C13H20N2O4S. The zero-order valence-electron chi connectivity index (χ0n) is 12.3. The number of rotatable bonds is 4. The molecule has 0 saturated carbocycles. The van der Waals surface area contributed by atoms with Crippen LogP contribution in [0.25, 0.3) is 0 Å². The van der Waals surface area contributed by atoms with E-state index in [9.17, 15) is 13.2 Å². The molecule has 6 nitrogen and oxygen atoms in total. The summed E-state index contributed by atoms with van der Waals surface area (Å²) >= 11 is 0. The maximum Gasteiger partial charge on any atom is 0.337 e. The SMILES string of the molecule is CC(N(C)S(=O)(=O)c1ccc(C(=O)O)cn1)C(C)(C)C. The highest BCUT2D eigenvalue weighted by molar-refractivity contribution is 7.89. The van der Waals surface area contributed by atoms with Gasteiger partial charge >= 0.3 is 5.97 Å². The lowest BCUT2D eigenvalue weighted by Crippen LogP contribution is -2.43. The second kappa shape index (κ2) is 5.49. The highest BCUT2D eigenvalue weighted by Gasteiger charge is 2.33. The van der Waals surface area contributed by atoms with Crippen molar-refractivity contribution in [2.45, 2.75) is 38.8 Å². The van der Waals surface area contributed by atoms with Crippen LogP contribution >= 0.6 is 0 Å². The molecule has 0 spiro atoms. The number of aromatic carboxylic acids is 1. The van der Waals surface area contributed by atoms with Crippen molar-refractivity contribution >= 4 is 16.0 Å². The molecule has 0 aliphatic rings. The molecule has 0 radical (unpaired) electrons. The van der Waals surface area contributed by atoms with Gasteiger partial charge in [-0.3, -0.25) is 0 Å². The van der Waals surface area contributed by atoms with Crippen LogP contribution in [0.2, 0.25) is 0 Å². The van der Waals surface area contributed by atoms with Crippen LogP contribution < -0.4 is 0 Å². The Morgan fingerprint density at radius 3 is 2.25 bits per heavy atom. The second-order valence-corrected chi connectivity index (χ2v) is 7.70. The molecule has 0 aliphatic carbocycles. The Bertz CT molecular complexity index is 588. The van der Waals surface area contributed by atoms with Crippen LogP contribution in [0.3, 0.4) is 0 Å². The lowest BCUT2D eigenvalue weighted by atomic mass is 9.88. The van der Waals surface area contributed by atoms with Gasteiger partial charge in [-0.2, -0.15) is 4.31 Å². The van der Waals surface area contributed by atoms with Gasteiger partial charge in [0.15, 0.2) is 5.03 Å². The molecule has 7 heteroatoms. The van der Waals surface area contributed by atoms with Gasteiger partial charge in [0.25, 0.3) is 10.0 Å². The van der Waals surface area contributed by atoms with E-state index in [4.69, 9.17) is 5.11 Å². The first-order valence-electron chi connectivity index (χ1n) is 6.15. The largest absolute Gasteiger partial charge is 0.478 e. The minimum absolute atomic E-state index is 0.0459. The quantitative estimate of drug-likeness (QED) is 0.916. The maximum absolute atomic E-state index is 12.4. The van der Waals surface area contributed by atoms with Crippen LogP contribution in [0, 0.1) is 5.41 Å². The predicted octanol–water partition coefficient (Wildman–Crippen LogP) is 1.83. The molecule has 0 amide bonds. The molecule has 1 N–H and O–H groups in total. The summed E-state index contributed by atoms with van der Waals surface area (Å²) in [6.07, 6.45) is 1.05. The van der Waals surface area contributed by atoms with Crippen molar-refractivity contribution < 1.29 is 18.3 Å². The van der Waals surface area contributed by atoms with Crippen LogP contribution in [0.4, 0.5) is 0 Å². The number of hydrogen-bond acceptors (Lipinski definition) is 4. The van der Waals surface area contributed by atoms with E-state index < -0.39 is 16.0 Å². The van der Waals surface area contributed by atoms with Crippen molar-refractivity contribution in [3.8, 4) is 0 Å². The van der Waals surface area contributed by atoms with Crippen LogP contribution in [-0.2, 0) is 10.0 Å². The van der Waals surface area contributed by atoms with Gasteiger partial charge in [0.05, 0.1) is 5.56 Å². The average molecular weight is 300 g/mol. The summed E-state index contributed by atoms with van der Waals surface area (Å²) in [7, 11) is -2.24. The van der Waals surface area contributed by atoms with E-state index in [-0.39, 0.29) is 22.0 Å². The molecule has 1 aromatic heterocycles. The normalized spacial score (nSPS) is 14.3. The van der Waals surface area contributed by atoms with Gasteiger partial charge in [0.1, 0.15) is 0 Å². The summed E-state index contributed by atoms with van der Waals surface area (Å²) < 4.78 is 26.1. The van der Waals surface area contributed by atoms with E-state index in [0.717, 1.165) is 6.20 Å². The van der Waals surface area contributed by atoms with Crippen molar-refractivity contribution in [1.29, 1.82) is 0 Å². The minimum Gasteiger partial charge on any atom is -0.478 e. The number of hydrogen-bond donors (Lipinski definition) is 1. The Labute approximate surface area is 119 Å². The molecule has 0 saturated heterocycles. The molecule has 0 aliphatic heterocycles. The molecule has 1 atom stereocenters. The molecule has 112 valence electrons. The van der Waals surface area contributed by atoms with E-state index in [1.165, 1.54) is 23.5 Å². The van der Waals surface area contributed by atoms with E-state index in [1.54, 1.807) is 0 Å². The predicted molar refractivity (Wildman–Crippen MR) is 75.1 cm³/mol. The van der Waals surface area contributed by atoms with E-state index in [2.05, 4.69) is 4.98 Å². The van der Waals surface area contributed by atoms with Gasteiger partial charge in [0, 0.05) is 19.3 Å². The third-order valence-corrected chi connectivity index (χ3v) is 5.27. The third kappa shape index (κ3) is 3.34. The summed E-state index contributed by atoms with van der Waals surface area (Å²) in [5, 5.41) is 8.63. The van der Waals surface area contributed by atoms with Crippen LogP contribution in [0.15, 0.2) is 23.4 Å². The van der Waals surface area contributed by atoms with E-state index >= 15 is 0 Å². The summed E-state index contributed by atoms with van der Waals surface area (Å²) in [6, 6.07) is 2.22. The number of pyridine rings is 1. The fourth-order valence-electron chi connectivity index (χ4n) is 1.56. The number of carboxylic acid groups (broad SMARTS) is 1. The third-order valence-electron chi connectivity index (χ3n) is 3.43. The van der Waals surface area contributed by atoms with Gasteiger partial charge < -0.3 is 5.11 Å². The highest BCUT2D eigenvalue weighted by atomic mass is 32.2. The molecule has 1 unspecified atom stereocenters. The first-order chi connectivity index (χ1) is 8.98. The first kappa shape index (κ1) is 16.6. The number of carbonyl (C=O) groups is 1. The Morgan fingerprint density at radius 2 is 1.90 bits per heavy atom. The molecule has 0 fully saturated rings. The number of nitrogens with zero attached hydrogens (tertiary/aromatic N) is 2. The molecule has 1 heterocycles. The summed E-state index contributed by atoms with van der Waals surface area (Å²) in [5.41, 5.74) is -0.265. The number of aromatic nitrogens is 1. The summed E-state index contributed by atoms with van der Waals surface area (Å²) in [4.78, 5) is 14.5. The molecule has 0 aromatic carbocycles. The van der Waals surface area contributed by atoms with Crippen molar-refractivity contribution in [2.75, 3.05) is 7.05 Å². The highest BCUT2D eigenvalue weighted by Crippen LogP contribution is 2.26. The molecule has 0 bridgehead atoms. The van der Waals surface area contributed by atoms with Gasteiger partial charge in [-0.15, -0.1) is 0 Å². The Balaban J connectivity index is 3.13. The average Bonchev–Trinajstić information content (AvgIpc) is 2.35. The standard InChI is InChI=1S/C13H20N2O4S/c1-9(13(2,3)4)15(5)20(18,19)11-7-6-10(8-14-11)12(16)17/h6-9H,1-5H3,(H,16,17). The van der Waals surface area contributed by atoms with E-state index in [1.807, 2.05) is 27.7 Å². The smallest absolute Gasteiger partial charge is 0.337 e. The Hall–Kier alpha value is -1.47. The fraction of sp³-hybridized carbons (Fsp3) is 0.538. The molecular weight excluding hydrogens is 280 g/mol. The zero-order chi connectivity index (χ0) is 15.7. The van der Waals surface area contributed by atoms with Crippen molar-refractivity contribution in [3.63, 3.8) is 0 Å². The number of carboxylic acids is 1. The molecule has 1 aromatic rings. The Kier molecular flexibility index (Phi) is 4.55. The fourth-order valence-corrected chi connectivity index (χ4v) is 3.01. The molecule has 1 rings (SSSR count). The van der Waals surface area contributed by atoms with Crippen molar-refractivity contribution in [1.82, 2.24) is 9.29 Å². The van der Waals surface area contributed by atoms with Gasteiger partial charge in [-0.25, -0.2) is 18.2 Å². The Morgan fingerprint density at radius 1 is 1.35 bits per heavy atom. The maximum atomic E-state index is 12.4. The van der Waals surface area contributed by atoms with Crippen LogP contribution in [0.1, 0.15) is 38.1 Å². The lowest BCUT2D eigenvalue weighted by molar-refractivity contribution is 0.0696.